The minimum absolute atomic E-state index is 0.00271. The maximum absolute atomic E-state index is 10.9. The van der Waals surface area contributed by atoms with Crippen molar-refractivity contribution in [2.45, 2.75) is 46.1 Å². The van der Waals surface area contributed by atoms with Crippen LogP contribution in [0.3, 0.4) is 0 Å². The second kappa shape index (κ2) is 6.89. The highest BCUT2D eigenvalue weighted by Crippen LogP contribution is 1.96. The third-order valence-electron chi connectivity index (χ3n) is 1.27. The zero-order valence-corrected chi connectivity index (χ0v) is 8.17. The molecule has 2 nitrogen and oxygen atoms in total. The summed E-state index contributed by atoms with van der Waals surface area (Å²) in [5.74, 6) is -0.141. The van der Waals surface area contributed by atoms with Crippen molar-refractivity contribution in [3.05, 3.63) is 12.2 Å². The number of esters is 1. The van der Waals surface area contributed by atoms with E-state index in [1.54, 1.807) is 0 Å². The van der Waals surface area contributed by atoms with Crippen LogP contribution in [-0.2, 0) is 9.53 Å². The lowest BCUT2D eigenvalue weighted by molar-refractivity contribution is -0.146. The van der Waals surface area contributed by atoms with Crippen molar-refractivity contribution in [1.82, 2.24) is 0 Å². The molecule has 0 aromatic heterocycles. The highest BCUT2D eigenvalue weighted by atomic mass is 16.5. The molecule has 0 atom stereocenters. The van der Waals surface area contributed by atoms with E-state index in [4.69, 9.17) is 4.74 Å². The van der Waals surface area contributed by atoms with Crippen molar-refractivity contribution in [1.29, 1.82) is 0 Å². The first-order valence-corrected chi connectivity index (χ1v) is 4.51. The van der Waals surface area contributed by atoms with Gasteiger partial charge >= 0.3 is 5.97 Å². The third-order valence-corrected chi connectivity index (χ3v) is 1.27. The van der Waals surface area contributed by atoms with Crippen LogP contribution in [0, 0.1) is 0 Å². The molecule has 0 amide bonds. The van der Waals surface area contributed by atoms with Gasteiger partial charge in [-0.15, -0.1) is 0 Å². The zero-order chi connectivity index (χ0) is 9.40. The second-order valence-electron chi connectivity index (χ2n) is 3.00. The van der Waals surface area contributed by atoms with Gasteiger partial charge in [0.1, 0.15) is 0 Å². The normalized spacial score (nSPS) is 11.0. The van der Waals surface area contributed by atoms with Crippen molar-refractivity contribution in [2.24, 2.45) is 0 Å². The molecule has 70 valence electrons. The summed E-state index contributed by atoms with van der Waals surface area (Å²) < 4.78 is 4.94. The van der Waals surface area contributed by atoms with E-state index in [9.17, 15) is 4.79 Å². The fraction of sp³-hybridized carbons (Fsp3) is 0.700. The monoisotopic (exact) mass is 170 g/mol. The average Bonchev–Trinajstić information content (AvgIpc) is 1.97. The molecule has 12 heavy (non-hydrogen) atoms. The van der Waals surface area contributed by atoms with Crippen molar-refractivity contribution in [2.75, 3.05) is 0 Å². The van der Waals surface area contributed by atoms with Crippen LogP contribution in [0.4, 0.5) is 0 Å². The number of carbonyl (C=O) groups excluding carboxylic acids is 1. The van der Waals surface area contributed by atoms with E-state index in [1.165, 1.54) is 0 Å². The van der Waals surface area contributed by atoms with Crippen LogP contribution in [0.15, 0.2) is 12.2 Å². The number of hydrogen-bond acceptors (Lipinski definition) is 2. The Kier molecular flexibility index (Phi) is 6.44. The van der Waals surface area contributed by atoms with E-state index in [2.05, 4.69) is 6.92 Å². The Balaban J connectivity index is 3.43. The highest BCUT2D eigenvalue weighted by Gasteiger charge is 2.01. The minimum atomic E-state index is -0.141. The fourth-order valence-corrected chi connectivity index (χ4v) is 0.775. The molecule has 0 aliphatic carbocycles. The summed E-state index contributed by atoms with van der Waals surface area (Å²) in [6.07, 6.45) is 6.44. The lowest BCUT2D eigenvalue weighted by atomic mass is 10.3. The van der Waals surface area contributed by atoms with Gasteiger partial charge in [-0.2, -0.15) is 0 Å². The molecule has 0 saturated heterocycles. The fourth-order valence-electron chi connectivity index (χ4n) is 0.775. The van der Waals surface area contributed by atoms with Crippen LogP contribution in [0.25, 0.3) is 0 Å². The number of ether oxygens (including phenoxy) is 1. The van der Waals surface area contributed by atoms with Gasteiger partial charge in [0, 0.05) is 0 Å². The Morgan fingerprint density at radius 1 is 1.42 bits per heavy atom. The number of unbranched alkanes of at least 4 members (excludes halogenated alkanes) is 1. The van der Waals surface area contributed by atoms with Crippen LogP contribution in [0.1, 0.15) is 40.0 Å². The summed E-state index contributed by atoms with van der Waals surface area (Å²) in [4.78, 5) is 10.9. The molecule has 0 radical (unpaired) electrons. The van der Waals surface area contributed by atoms with Crippen LogP contribution in [-0.4, -0.2) is 12.1 Å². The Labute approximate surface area is 74.6 Å². The number of allylic oxidation sites excluding steroid dienone is 1. The predicted molar refractivity (Wildman–Crippen MR) is 49.9 cm³/mol. The van der Waals surface area contributed by atoms with Gasteiger partial charge in [0.25, 0.3) is 0 Å². The van der Waals surface area contributed by atoms with Crippen LogP contribution in [0.2, 0.25) is 0 Å². The third kappa shape index (κ3) is 7.32. The standard InChI is InChI=1S/C10H18O2/c1-4-5-6-7-8-10(11)12-9(2)3/h6-7,9H,4-5,8H2,1-3H3. The second-order valence-corrected chi connectivity index (χ2v) is 3.00. The smallest absolute Gasteiger partial charge is 0.309 e. The molecule has 0 fully saturated rings. The van der Waals surface area contributed by atoms with Crippen molar-refractivity contribution < 1.29 is 9.53 Å². The van der Waals surface area contributed by atoms with Gasteiger partial charge in [-0.3, -0.25) is 4.79 Å². The maximum atomic E-state index is 10.9. The molecular weight excluding hydrogens is 152 g/mol. The van der Waals surface area contributed by atoms with Crippen molar-refractivity contribution in [3.8, 4) is 0 Å². The van der Waals surface area contributed by atoms with Gasteiger partial charge in [0.05, 0.1) is 12.5 Å². The molecule has 0 N–H and O–H groups in total. The average molecular weight is 170 g/mol. The summed E-state index contributed by atoms with van der Waals surface area (Å²) in [7, 11) is 0. The number of hydrogen-bond donors (Lipinski definition) is 0. The van der Waals surface area contributed by atoms with Gasteiger partial charge < -0.3 is 4.74 Å². The first-order valence-electron chi connectivity index (χ1n) is 4.51. The minimum Gasteiger partial charge on any atom is -0.463 e. The Bertz CT molecular complexity index is 148. The number of carbonyl (C=O) groups is 1. The van der Waals surface area contributed by atoms with Gasteiger partial charge in [-0.05, 0) is 20.3 Å². The summed E-state index contributed by atoms with van der Waals surface area (Å²) in [6.45, 7) is 5.82. The van der Waals surface area contributed by atoms with Gasteiger partial charge in [0.15, 0.2) is 0 Å². The molecule has 0 bridgehead atoms. The summed E-state index contributed by atoms with van der Waals surface area (Å²) >= 11 is 0. The largest absolute Gasteiger partial charge is 0.463 e. The van der Waals surface area contributed by atoms with E-state index in [1.807, 2.05) is 26.0 Å². The first-order chi connectivity index (χ1) is 5.66. The van der Waals surface area contributed by atoms with E-state index >= 15 is 0 Å². The van der Waals surface area contributed by atoms with Crippen LogP contribution >= 0.6 is 0 Å². The molecule has 2 heteroatoms. The lowest BCUT2D eigenvalue weighted by Gasteiger charge is -2.05. The van der Waals surface area contributed by atoms with E-state index in [0.717, 1.165) is 12.8 Å². The molecule has 0 aromatic rings. The molecule has 0 unspecified atom stereocenters. The van der Waals surface area contributed by atoms with Gasteiger partial charge in [0.2, 0.25) is 0 Å². The topological polar surface area (TPSA) is 26.3 Å². The SMILES string of the molecule is CCCC=CCC(=O)OC(C)C. The molecule has 0 aromatic carbocycles. The molecular formula is C10H18O2. The molecule has 0 rings (SSSR count). The predicted octanol–water partition coefficient (Wildman–Crippen LogP) is 2.68. The maximum Gasteiger partial charge on any atom is 0.309 e. The molecule has 0 spiro atoms. The lowest BCUT2D eigenvalue weighted by Crippen LogP contribution is -2.09. The first kappa shape index (κ1) is 11.2. The summed E-state index contributed by atoms with van der Waals surface area (Å²) in [6, 6.07) is 0. The molecule has 0 heterocycles. The molecule has 0 saturated carbocycles. The van der Waals surface area contributed by atoms with Crippen molar-refractivity contribution >= 4 is 5.97 Å². The number of rotatable bonds is 5. The van der Waals surface area contributed by atoms with E-state index in [0.29, 0.717) is 6.42 Å². The van der Waals surface area contributed by atoms with Crippen LogP contribution < -0.4 is 0 Å². The summed E-state index contributed by atoms with van der Waals surface area (Å²) in [5.41, 5.74) is 0. The Morgan fingerprint density at radius 3 is 2.58 bits per heavy atom. The van der Waals surface area contributed by atoms with Gasteiger partial charge in [-0.25, -0.2) is 0 Å². The quantitative estimate of drug-likeness (QED) is 0.468. The van der Waals surface area contributed by atoms with E-state index in [-0.39, 0.29) is 12.1 Å². The van der Waals surface area contributed by atoms with Crippen LogP contribution in [0.5, 0.6) is 0 Å². The van der Waals surface area contributed by atoms with Crippen molar-refractivity contribution in [3.63, 3.8) is 0 Å². The van der Waals surface area contributed by atoms with Gasteiger partial charge in [-0.1, -0.05) is 25.5 Å². The Hall–Kier alpha value is -0.790. The van der Waals surface area contributed by atoms with E-state index < -0.39 is 0 Å². The highest BCUT2D eigenvalue weighted by molar-refractivity contribution is 5.71. The molecule has 0 aliphatic heterocycles. The molecule has 0 aliphatic rings. The summed E-state index contributed by atoms with van der Waals surface area (Å²) in [5, 5.41) is 0. The Morgan fingerprint density at radius 2 is 2.08 bits per heavy atom. The zero-order valence-electron chi connectivity index (χ0n) is 8.17.